The van der Waals surface area contributed by atoms with Crippen molar-refractivity contribution < 1.29 is 23.9 Å². The van der Waals surface area contributed by atoms with Gasteiger partial charge in [-0.3, -0.25) is 4.79 Å². The fraction of sp³-hybridized carbons (Fsp3) is 0.320. The largest absolute Gasteiger partial charge is 0.467 e. The minimum absolute atomic E-state index is 0.0878. The van der Waals surface area contributed by atoms with Crippen molar-refractivity contribution in [2.45, 2.75) is 39.0 Å². The summed E-state index contributed by atoms with van der Waals surface area (Å²) in [6.45, 7) is 3.69. The molecule has 2 aromatic carbocycles. The number of esters is 1. The number of hydrogen-bond donors (Lipinski definition) is 3. The van der Waals surface area contributed by atoms with Crippen molar-refractivity contribution in [2.75, 3.05) is 7.11 Å². The van der Waals surface area contributed by atoms with Crippen LogP contribution in [0.25, 0.3) is 10.9 Å². The Kier molecular flexibility index (Phi) is 8.07. The molecule has 0 radical (unpaired) electrons. The number of aromatic amines is 1. The lowest BCUT2D eigenvalue weighted by atomic mass is 10.0. The van der Waals surface area contributed by atoms with Crippen molar-refractivity contribution in [2.24, 2.45) is 5.92 Å². The van der Waals surface area contributed by atoms with Gasteiger partial charge in [-0.15, -0.1) is 0 Å². The highest BCUT2D eigenvalue weighted by atomic mass is 16.5. The molecule has 8 nitrogen and oxygen atoms in total. The molecule has 0 spiro atoms. The van der Waals surface area contributed by atoms with Gasteiger partial charge < -0.3 is 25.1 Å². The van der Waals surface area contributed by atoms with Gasteiger partial charge in [0.25, 0.3) is 0 Å². The lowest BCUT2D eigenvalue weighted by Gasteiger charge is -2.24. The van der Waals surface area contributed by atoms with Crippen LogP contribution in [0.4, 0.5) is 4.79 Å². The molecule has 0 aliphatic heterocycles. The highest BCUT2D eigenvalue weighted by molar-refractivity contribution is 5.90. The topological polar surface area (TPSA) is 110 Å². The van der Waals surface area contributed by atoms with E-state index in [9.17, 15) is 14.4 Å². The Labute approximate surface area is 192 Å². The van der Waals surface area contributed by atoms with Crippen molar-refractivity contribution in [1.29, 1.82) is 0 Å². The van der Waals surface area contributed by atoms with Crippen LogP contribution < -0.4 is 10.6 Å². The maximum absolute atomic E-state index is 13.0. The molecule has 0 aliphatic carbocycles. The number of alkyl carbamates (subject to hydrolysis) is 1. The molecule has 0 fully saturated rings. The molecule has 3 aromatic rings. The predicted octanol–water partition coefficient (Wildman–Crippen LogP) is 3.32. The molecule has 0 unspecified atom stereocenters. The maximum atomic E-state index is 13.0. The highest BCUT2D eigenvalue weighted by Gasteiger charge is 2.30. The molecule has 1 heterocycles. The third kappa shape index (κ3) is 6.35. The van der Waals surface area contributed by atoms with Crippen molar-refractivity contribution in [3.05, 3.63) is 71.9 Å². The van der Waals surface area contributed by atoms with E-state index in [1.54, 1.807) is 13.8 Å². The van der Waals surface area contributed by atoms with Gasteiger partial charge in [0.1, 0.15) is 18.7 Å². The van der Waals surface area contributed by atoms with Gasteiger partial charge in [-0.2, -0.15) is 0 Å². The molecule has 2 amide bonds. The van der Waals surface area contributed by atoms with Crippen LogP contribution in [0.1, 0.15) is 25.0 Å². The molecule has 3 rings (SSSR count). The summed E-state index contributed by atoms with van der Waals surface area (Å²) in [5, 5.41) is 6.30. The zero-order valence-corrected chi connectivity index (χ0v) is 19.0. The lowest BCUT2D eigenvalue weighted by molar-refractivity contribution is -0.145. The number of methoxy groups -OCH3 is 1. The van der Waals surface area contributed by atoms with Crippen LogP contribution in [-0.2, 0) is 32.1 Å². The molecule has 0 bridgehead atoms. The van der Waals surface area contributed by atoms with E-state index >= 15 is 0 Å². The second-order valence-corrected chi connectivity index (χ2v) is 8.08. The van der Waals surface area contributed by atoms with Gasteiger partial charge in [-0.25, -0.2) is 9.59 Å². The van der Waals surface area contributed by atoms with Crippen LogP contribution in [0.3, 0.4) is 0 Å². The Morgan fingerprint density at radius 2 is 1.67 bits per heavy atom. The molecular weight excluding hydrogens is 422 g/mol. The van der Waals surface area contributed by atoms with E-state index in [2.05, 4.69) is 15.6 Å². The van der Waals surface area contributed by atoms with E-state index in [0.29, 0.717) is 0 Å². The molecular formula is C25H29N3O5. The third-order valence-corrected chi connectivity index (χ3v) is 5.34. The molecule has 33 heavy (non-hydrogen) atoms. The number of para-hydroxylation sites is 1. The van der Waals surface area contributed by atoms with E-state index in [1.165, 1.54) is 7.11 Å². The number of aromatic nitrogens is 1. The number of ether oxygens (including phenoxy) is 2. The smallest absolute Gasteiger partial charge is 0.408 e. The van der Waals surface area contributed by atoms with Gasteiger partial charge in [0.15, 0.2) is 0 Å². The van der Waals surface area contributed by atoms with Gasteiger partial charge in [0, 0.05) is 23.5 Å². The number of hydrogen-bond acceptors (Lipinski definition) is 5. The molecule has 3 N–H and O–H groups in total. The summed E-state index contributed by atoms with van der Waals surface area (Å²) >= 11 is 0. The van der Waals surface area contributed by atoms with Gasteiger partial charge in [-0.1, -0.05) is 62.4 Å². The molecule has 174 valence electrons. The normalized spacial score (nSPS) is 12.7. The Hall–Kier alpha value is -3.81. The van der Waals surface area contributed by atoms with Crippen molar-refractivity contribution >= 4 is 28.9 Å². The van der Waals surface area contributed by atoms with E-state index in [-0.39, 0.29) is 18.9 Å². The fourth-order valence-electron chi connectivity index (χ4n) is 3.54. The van der Waals surface area contributed by atoms with Crippen molar-refractivity contribution in [3.8, 4) is 0 Å². The summed E-state index contributed by atoms with van der Waals surface area (Å²) in [5.74, 6) is -1.29. The van der Waals surface area contributed by atoms with Crippen LogP contribution in [0.5, 0.6) is 0 Å². The van der Waals surface area contributed by atoms with Crippen LogP contribution in [-0.4, -0.2) is 42.1 Å². The summed E-state index contributed by atoms with van der Waals surface area (Å²) in [6.07, 6.45) is 1.34. The van der Waals surface area contributed by atoms with Crippen LogP contribution >= 0.6 is 0 Å². The van der Waals surface area contributed by atoms with Crippen LogP contribution in [0.2, 0.25) is 0 Å². The molecule has 0 aliphatic rings. The maximum Gasteiger partial charge on any atom is 0.408 e. The third-order valence-electron chi connectivity index (χ3n) is 5.34. The number of fused-ring (bicyclic) bond motifs is 1. The first-order chi connectivity index (χ1) is 15.9. The molecule has 1 aromatic heterocycles. The second kappa shape index (κ2) is 11.2. The Balaban J connectivity index is 1.66. The van der Waals surface area contributed by atoms with Crippen molar-refractivity contribution in [1.82, 2.24) is 15.6 Å². The first-order valence-corrected chi connectivity index (χ1v) is 10.8. The van der Waals surface area contributed by atoms with E-state index < -0.39 is 30.1 Å². The highest BCUT2D eigenvalue weighted by Crippen LogP contribution is 2.19. The van der Waals surface area contributed by atoms with Crippen LogP contribution in [0, 0.1) is 5.92 Å². The lowest BCUT2D eigenvalue weighted by Crippen LogP contribution is -2.54. The van der Waals surface area contributed by atoms with E-state index in [4.69, 9.17) is 9.47 Å². The zero-order valence-electron chi connectivity index (χ0n) is 19.0. The van der Waals surface area contributed by atoms with Gasteiger partial charge >= 0.3 is 12.1 Å². The van der Waals surface area contributed by atoms with E-state index in [0.717, 1.165) is 22.0 Å². The zero-order chi connectivity index (χ0) is 23.8. The number of amides is 2. The van der Waals surface area contributed by atoms with Crippen LogP contribution in [0.15, 0.2) is 60.8 Å². The van der Waals surface area contributed by atoms with Gasteiger partial charge in [0.2, 0.25) is 5.91 Å². The quantitative estimate of drug-likeness (QED) is 0.433. The van der Waals surface area contributed by atoms with Gasteiger partial charge in [-0.05, 0) is 23.1 Å². The summed E-state index contributed by atoms with van der Waals surface area (Å²) in [6, 6.07) is 15.1. The number of nitrogens with one attached hydrogen (secondary N) is 3. The molecule has 0 saturated carbocycles. The predicted molar refractivity (Wildman–Crippen MR) is 124 cm³/mol. The number of H-pyrrole nitrogens is 1. The average molecular weight is 452 g/mol. The Morgan fingerprint density at radius 3 is 2.36 bits per heavy atom. The number of rotatable bonds is 9. The first-order valence-electron chi connectivity index (χ1n) is 10.8. The molecule has 0 saturated heterocycles. The van der Waals surface area contributed by atoms with Crippen molar-refractivity contribution in [3.63, 3.8) is 0 Å². The summed E-state index contributed by atoms with van der Waals surface area (Å²) in [7, 11) is 1.27. The SMILES string of the molecule is COC(=O)[C@H](Cc1c[nH]c2ccccc12)NC(=O)[C@H](NC(=O)OCc1ccccc1)C(C)C. The molecule has 2 atom stereocenters. The molecule has 8 heteroatoms. The number of benzene rings is 2. The number of carbonyl (C=O) groups is 3. The van der Waals surface area contributed by atoms with E-state index in [1.807, 2.05) is 60.8 Å². The monoisotopic (exact) mass is 451 g/mol. The fourth-order valence-corrected chi connectivity index (χ4v) is 3.54. The number of carbonyl (C=O) groups excluding carboxylic acids is 3. The van der Waals surface area contributed by atoms with Gasteiger partial charge in [0.05, 0.1) is 7.11 Å². The second-order valence-electron chi connectivity index (χ2n) is 8.08. The Bertz CT molecular complexity index is 1090. The summed E-state index contributed by atoms with van der Waals surface area (Å²) < 4.78 is 10.1. The summed E-state index contributed by atoms with van der Waals surface area (Å²) in [5.41, 5.74) is 2.64. The Morgan fingerprint density at radius 1 is 0.970 bits per heavy atom. The first kappa shape index (κ1) is 23.8. The standard InChI is InChI=1S/C25H29N3O5/c1-16(2)22(28-25(31)33-15-17-9-5-4-6-10-17)23(29)27-21(24(30)32-3)13-18-14-26-20-12-8-7-11-19(18)20/h4-12,14,16,21-22,26H,13,15H2,1-3H3,(H,27,29)(H,28,31)/t21-,22+/m0/s1. The summed E-state index contributed by atoms with van der Waals surface area (Å²) in [4.78, 5) is 40.9. The minimum Gasteiger partial charge on any atom is -0.467 e. The average Bonchev–Trinajstić information content (AvgIpc) is 3.23. The minimum atomic E-state index is -0.912.